The van der Waals surface area contributed by atoms with E-state index in [1.807, 2.05) is 13.0 Å². The Morgan fingerprint density at radius 1 is 1.04 bits per heavy atom. The Morgan fingerprint density at radius 2 is 1.76 bits per heavy atom. The van der Waals surface area contributed by atoms with Crippen molar-refractivity contribution >= 4 is 23.1 Å². The molecule has 0 fully saturated rings. The van der Waals surface area contributed by atoms with Crippen molar-refractivity contribution < 1.29 is 0 Å². The van der Waals surface area contributed by atoms with Gasteiger partial charge in [0.15, 0.2) is 0 Å². The molecule has 136 valence electrons. The fraction of sp³-hybridized carbons (Fsp3) is 0.500. The van der Waals surface area contributed by atoms with Gasteiger partial charge in [-0.15, -0.1) is 0 Å². The lowest BCUT2D eigenvalue weighted by molar-refractivity contribution is 0.758. The van der Waals surface area contributed by atoms with Crippen LogP contribution in [0.15, 0.2) is 24.3 Å². The normalized spacial score (nSPS) is 11.9. The van der Waals surface area contributed by atoms with Gasteiger partial charge in [-0.05, 0) is 64.8 Å². The van der Waals surface area contributed by atoms with Crippen molar-refractivity contribution in [2.45, 2.75) is 54.0 Å². The molecule has 1 unspecified atom stereocenters. The van der Waals surface area contributed by atoms with Crippen LogP contribution in [-0.4, -0.2) is 29.1 Å². The van der Waals surface area contributed by atoms with Crippen molar-refractivity contribution in [3.63, 3.8) is 0 Å². The zero-order chi connectivity index (χ0) is 18.4. The number of rotatable bonds is 8. The van der Waals surface area contributed by atoms with Crippen LogP contribution in [-0.2, 0) is 0 Å². The molecule has 1 heterocycles. The summed E-state index contributed by atoms with van der Waals surface area (Å²) in [5, 5.41) is 6.78. The smallest absolute Gasteiger partial charge is 0.229 e. The van der Waals surface area contributed by atoms with E-state index in [0.717, 1.165) is 36.7 Å². The maximum Gasteiger partial charge on any atom is 0.229 e. The topological polar surface area (TPSA) is 53.1 Å². The quantitative estimate of drug-likeness (QED) is 0.715. The highest BCUT2D eigenvalue weighted by molar-refractivity contribution is 5.64. The molecule has 0 amide bonds. The third kappa shape index (κ3) is 5.08. The van der Waals surface area contributed by atoms with E-state index in [-0.39, 0.29) is 0 Å². The van der Waals surface area contributed by atoms with Crippen LogP contribution in [0.1, 0.15) is 45.4 Å². The lowest BCUT2D eigenvalue weighted by Crippen LogP contribution is -2.21. The molecular weight excluding hydrogens is 310 g/mol. The first kappa shape index (κ1) is 19.0. The fourth-order valence-corrected chi connectivity index (χ4v) is 2.75. The summed E-state index contributed by atoms with van der Waals surface area (Å²) < 4.78 is 0. The van der Waals surface area contributed by atoms with Crippen molar-refractivity contribution in [2.24, 2.45) is 0 Å². The third-order valence-electron chi connectivity index (χ3n) is 4.45. The fourth-order valence-electron chi connectivity index (χ4n) is 2.75. The monoisotopic (exact) mass is 341 g/mol. The molecule has 0 aliphatic carbocycles. The van der Waals surface area contributed by atoms with E-state index in [1.54, 1.807) is 0 Å². The molecule has 0 bridgehead atoms. The molecule has 0 aliphatic rings. The minimum absolute atomic E-state index is 0.386. The molecule has 0 saturated carbocycles. The van der Waals surface area contributed by atoms with Gasteiger partial charge in [0, 0.05) is 42.3 Å². The molecule has 1 aromatic heterocycles. The average Bonchev–Trinajstić information content (AvgIpc) is 2.57. The van der Waals surface area contributed by atoms with Crippen LogP contribution in [0.2, 0.25) is 0 Å². The number of aromatic nitrogens is 2. The predicted octanol–water partition coefficient (Wildman–Crippen LogP) is 4.89. The second kappa shape index (κ2) is 8.70. The highest BCUT2D eigenvalue weighted by Crippen LogP contribution is 2.25. The van der Waals surface area contributed by atoms with Gasteiger partial charge in [0.1, 0.15) is 5.82 Å². The van der Waals surface area contributed by atoms with Crippen LogP contribution in [0.25, 0.3) is 0 Å². The molecule has 2 aromatic rings. The van der Waals surface area contributed by atoms with Gasteiger partial charge in [-0.25, -0.2) is 4.98 Å². The average molecular weight is 342 g/mol. The number of nitrogens with zero attached hydrogens (tertiary/aromatic N) is 3. The summed E-state index contributed by atoms with van der Waals surface area (Å²) in [5.41, 5.74) is 4.42. The Morgan fingerprint density at radius 3 is 2.36 bits per heavy atom. The van der Waals surface area contributed by atoms with Crippen LogP contribution in [0.3, 0.4) is 0 Å². The molecule has 2 rings (SSSR count). The third-order valence-corrected chi connectivity index (χ3v) is 4.45. The van der Waals surface area contributed by atoms with E-state index in [9.17, 15) is 0 Å². The van der Waals surface area contributed by atoms with Gasteiger partial charge in [0.25, 0.3) is 0 Å². The Hall–Kier alpha value is -2.30. The first-order valence-electron chi connectivity index (χ1n) is 9.21. The van der Waals surface area contributed by atoms with Crippen LogP contribution >= 0.6 is 0 Å². The van der Waals surface area contributed by atoms with E-state index < -0.39 is 0 Å². The second-order valence-corrected chi connectivity index (χ2v) is 6.47. The summed E-state index contributed by atoms with van der Waals surface area (Å²) in [6.45, 7) is 14.8. The molecule has 5 nitrogen and oxygen atoms in total. The molecule has 1 atom stereocenters. The highest BCUT2D eigenvalue weighted by atomic mass is 15.2. The molecule has 0 radical (unpaired) electrons. The first-order valence-corrected chi connectivity index (χ1v) is 9.21. The van der Waals surface area contributed by atoms with Gasteiger partial charge in [0.05, 0.1) is 0 Å². The van der Waals surface area contributed by atoms with E-state index in [2.05, 4.69) is 78.3 Å². The van der Waals surface area contributed by atoms with E-state index in [4.69, 9.17) is 0 Å². The number of benzene rings is 1. The van der Waals surface area contributed by atoms with Crippen molar-refractivity contribution in [3.05, 3.63) is 35.5 Å². The van der Waals surface area contributed by atoms with Crippen molar-refractivity contribution in [3.8, 4) is 0 Å². The molecule has 5 heteroatoms. The summed E-state index contributed by atoms with van der Waals surface area (Å²) in [7, 11) is 0. The Kier molecular flexibility index (Phi) is 6.62. The zero-order valence-electron chi connectivity index (χ0n) is 16.3. The molecule has 0 aliphatic heterocycles. The van der Waals surface area contributed by atoms with Gasteiger partial charge in [-0.1, -0.05) is 6.92 Å². The van der Waals surface area contributed by atoms with Gasteiger partial charge in [0.2, 0.25) is 5.95 Å². The van der Waals surface area contributed by atoms with Crippen molar-refractivity contribution in [2.75, 3.05) is 28.6 Å². The van der Waals surface area contributed by atoms with Gasteiger partial charge in [-0.2, -0.15) is 4.98 Å². The Bertz CT molecular complexity index is 694. The number of hydrogen-bond acceptors (Lipinski definition) is 5. The maximum absolute atomic E-state index is 4.60. The van der Waals surface area contributed by atoms with Crippen LogP contribution in [0.5, 0.6) is 0 Å². The first-order chi connectivity index (χ1) is 12.0. The standard InChI is InChI=1S/C20H31N5/c1-7-15(5)21-19-13-16(6)22-20(24-19)23-18-11-10-17(12-14(18)4)25(8-2)9-3/h10-13,15H,7-9H2,1-6H3,(H2,21,22,23,24). The minimum atomic E-state index is 0.386. The summed E-state index contributed by atoms with van der Waals surface area (Å²) in [6.07, 6.45) is 1.05. The highest BCUT2D eigenvalue weighted by Gasteiger charge is 2.08. The molecular formula is C20H31N5. The maximum atomic E-state index is 4.60. The minimum Gasteiger partial charge on any atom is -0.372 e. The summed E-state index contributed by atoms with van der Waals surface area (Å²) >= 11 is 0. The van der Waals surface area contributed by atoms with Gasteiger partial charge in [-0.3, -0.25) is 0 Å². The SMILES string of the molecule is CCC(C)Nc1cc(C)nc(Nc2ccc(N(CC)CC)cc2C)n1. The van der Waals surface area contributed by atoms with Crippen LogP contribution < -0.4 is 15.5 Å². The molecule has 25 heavy (non-hydrogen) atoms. The second-order valence-electron chi connectivity index (χ2n) is 6.47. The number of nitrogens with one attached hydrogen (secondary N) is 2. The molecule has 2 N–H and O–H groups in total. The zero-order valence-corrected chi connectivity index (χ0v) is 16.3. The molecule has 0 spiro atoms. The van der Waals surface area contributed by atoms with E-state index in [0.29, 0.717) is 12.0 Å². The lowest BCUT2D eigenvalue weighted by Gasteiger charge is -2.22. The summed E-state index contributed by atoms with van der Waals surface area (Å²) in [6, 6.07) is 8.83. The number of aryl methyl sites for hydroxylation is 2. The molecule has 1 aromatic carbocycles. The number of anilines is 4. The largest absolute Gasteiger partial charge is 0.372 e. The van der Waals surface area contributed by atoms with Crippen molar-refractivity contribution in [1.82, 2.24) is 9.97 Å². The van der Waals surface area contributed by atoms with Crippen molar-refractivity contribution in [1.29, 1.82) is 0 Å². The van der Waals surface area contributed by atoms with Crippen LogP contribution in [0.4, 0.5) is 23.1 Å². The lowest BCUT2D eigenvalue weighted by atomic mass is 10.1. The Labute approximate surface area is 151 Å². The van der Waals surface area contributed by atoms with E-state index >= 15 is 0 Å². The van der Waals surface area contributed by atoms with Gasteiger partial charge >= 0.3 is 0 Å². The Balaban J connectivity index is 2.21. The number of hydrogen-bond donors (Lipinski definition) is 2. The predicted molar refractivity (Wildman–Crippen MR) is 108 cm³/mol. The summed E-state index contributed by atoms with van der Waals surface area (Å²) in [4.78, 5) is 11.5. The van der Waals surface area contributed by atoms with Crippen LogP contribution in [0, 0.1) is 13.8 Å². The molecule has 0 saturated heterocycles. The summed E-state index contributed by atoms with van der Waals surface area (Å²) in [5.74, 6) is 1.49. The van der Waals surface area contributed by atoms with Gasteiger partial charge < -0.3 is 15.5 Å². The van der Waals surface area contributed by atoms with E-state index in [1.165, 1.54) is 11.3 Å².